The van der Waals surface area contributed by atoms with Gasteiger partial charge in [0, 0.05) is 40.9 Å². The van der Waals surface area contributed by atoms with Gasteiger partial charge in [0.15, 0.2) is 0 Å². The van der Waals surface area contributed by atoms with Gasteiger partial charge in [-0.15, -0.1) is 0 Å². The zero-order valence-electron chi connectivity index (χ0n) is 10.2. The van der Waals surface area contributed by atoms with Crippen molar-refractivity contribution in [3.63, 3.8) is 0 Å². The Balaban J connectivity index is 1.95. The van der Waals surface area contributed by atoms with Crippen LogP contribution in [0, 0.1) is 0 Å². The number of imidazole rings is 1. The molecular formula is C14H16BrN3. The van der Waals surface area contributed by atoms with Crippen molar-refractivity contribution in [2.45, 2.75) is 38.1 Å². The van der Waals surface area contributed by atoms with E-state index < -0.39 is 0 Å². The van der Waals surface area contributed by atoms with Gasteiger partial charge in [0.1, 0.15) is 5.82 Å². The lowest BCUT2D eigenvalue weighted by atomic mass is 9.95. The van der Waals surface area contributed by atoms with E-state index >= 15 is 0 Å². The molecule has 0 atom stereocenters. The largest absolute Gasteiger partial charge is 0.328 e. The number of nitrogens with zero attached hydrogens (tertiary/aromatic N) is 3. The van der Waals surface area contributed by atoms with Gasteiger partial charge in [-0.05, 0) is 34.8 Å². The van der Waals surface area contributed by atoms with Gasteiger partial charge < -0.3 is 4.57 Å². The average molecular weight is 306 g/mol. The zero-order valence-corrected chi connectivity index (χ0v) is 11.8. The first-order valence-corrected chi connectivity index (χ1v) is 7.27. The molecule has 4 heteroatoms. The quantitative estimate of drug-likeness (QED) is 0.832. The van der Waals surface area contributed by atoms with Gasteiger partial charge in [-0.3, -0.25) is 4.98 Å². The minimum absolute atomic E-state index is 0.607. The van der Waals surface area contributed by atoms with Crippen LogP contribution < -0.4 is 0 Å². The summed E-state index contributed by atoms with van der Waals surface area (Å²) in [7, 11) is 0. The first-order chi connectivity index (χ1) is 8.84. The summed E-state index contributed by atoms with van der Waals surface area (Å²) in [6, 6.07) is 2.68. The van der Waals surface area contributed by atoms with Crippen molar-refractivity contribution in [3.8, 4) is 11.4 Å². The molecule has 0 saturated heterocycles. The standard InChI is InChI=1S/C14H16BrN3/c15-12-8-11(9-16-10-12)14-17-6-7-18(14)13-4-2-1-3-5-13/h6-10,13H,1-5H2. The molecule has 2 aromatic heterocycles. The number of hydrogen-bond donors (Lipinski definition) is 0. The average Bonchev–Trinajstić information content (AvgIpc) is 2.89. The van der Waals surface area contributed by atoms with Gasteiger partial charge in [0.2, 0.25) is 0 Å². The highest BCUT2D eigenvalue weighted by atomic mass is 79.9. The highest BCUT2D eigenvalue weighted by molar-refractivity contribution is 9.10. The molecule has 0 aliphatic heterocycles. The fourth-order valence-electron chi connectivity index (χ4n) is 2.72. The first-order valence-electron chi connectivity index (χ1n) is 6.48. The number of rotatable bonds is 2. The van der Waals surface area contributed by atoms with E-state index in [-0.39, 0.29) is 0 Å². The molecule has 1 aliphatic carbocycles. The van der Waals surface area contributed by atoms with Crippen LogP contribution in [0.4, 0.5) is 0 Å². The molecule has 0 N–H and O–H groups in total. The Labute approximate surface area is 115 Å². The predicted octanol–water partition coefficient (Wildman–Crippen LogP) is 4.21. The maximum atomic E-state index is 4.50. The van der Waals surface area contributed by atoms with Crippen molar-refractivity contribution in [2.75, 3.05) is 0 Å². The molecule has 1 saturated carbocycles. The van der Waals surface area contributed by atoms with E-state index in [1.54, 1.807) is 6.20 Å². The lowest BCUT2D eigenvalue weighted by Gasteiger charge is -2.24. The van der Waals surface area contributed by atoms with E-state index in [1.165, 1.54) is 32.1 Å². The minimum atomic E-state index is 0.607. The Morgan fingerprint density at radius 1 is 1.17 bits per heavy atom. The Morgan fingerprint density at radius 2 is 2.00 bits per heavy atom. The highest BCUT2D eigenvalue weighted by Gasteiger charge is 2.18. The van der Waals surface area contributed by atoms with Crippen LogP contribution in [0.5, 0.6) is 0 Å². The number of halogens is 1. The van der Waals surface area contributed by atoms with Crippen LogP contribution >= 0.6 is 15.9 Å². The number of pyridine rings is 1. The van der Waals surface area contributed by atoms with E-state index in [0.717, 1.165) is 15.9 Å². The topological polar surface area (TPSA) is 30.7 Å². The third kappa shape index (κ3) is 2.34. The maximum Gasteiger partial charge on any atom is 0.141 e. The third-order valence-electron chi connectivity index (χ3n) is 3.60. The molecule has 94 valence electrons. The van der Waals surface area contributed by atoms with Crippen molar-refractivity contribution in [2.24, 2.45) is 0 Å². The van der Waals surface area contributed by atoms with Crippen LogP contribution in [-0.4, -0.2) is 14.5 Å². The van der Waals surface area contributed by atoms with E-state index in [0.29, 0.717) is 6.04 Å². The van der Waals surface area contributed by atoms with Gasteiger partial charge in [0.25, 0.3) is 0 Å². The fraction of sp³-hybridized carbons (Fsp3) is 0.429. The lowest BCUT2D eigenvalue weighted by molar-refractivity contribution is 0.355. The minimum Gasteiger partial charge on any atom is -0.328 e. The maximum absolute atomic E-state index is 4.50. The van der Waals surface area contributed by atoms with Crippen LogP contribution in [0.15, 0.2) is 35.3 Å². The first kappa shape index (κ1) is 11.9. The van der Waals surface area contributed by atoms with Crippen molar-refractivity contribution in [3.05, 3.63) is 35.3 Å². The summed E-state index contributed by atoms with van der Waals surface area (Å²) in [5.74, 6) is 1.04. The summed E-state index contributed by atoms with van der Waals surface area (Å²) in [5.41, 5.74) is 1.08. The van der Waals surface area contributed by atoms with Crippen LogP contribution in [-0.2, 0) is 0 Å². The Bertz CT molecular complexity index is 529. The Hall–Kier alpha value is -1.16. The summed E-state index contributed by atoms with van der Waals surface area (Å²) in [6.45, 7) is 0. The van der Waals surface area contributed by atoms with E-state index in [9.17, 15) is 0 Å². The van der Waals surface area contributed by atoms with Gasteiger partial charge in [0.05, 0.1) is 0 Å². The molecule has 1 aliphatic rings. The summed E-state index contributed by atoms with van der Waals surface area (Å²) < 4.78 is 3.32. The Kier molecular flexibility index (Phi) is 3.46. The molecule has 0 unspecified atom stereocenters. The van der Waals surface area contributed by atoms with Gasteiger partial charge in [-0.25, -0.2) is 4.98 Å². The lowest BCUT2D eigenvalue weighted by Crippen LogP contribution is -2.13. The molecule has 3 rings (SSSR count). The predicted molar refractivity (Wildman–Crippen MR) is 75.3 cm³/mol. The Morgan fingerprint density at radius 3 is 2.78 bits per heavy atom. The summed E-state index contributed by atoms with van der Waals surface area (Å²) >= 11 is 3.47. The second-order valence-electron chi connectivity index (χ2n) is 4.84. The van der Waals surface area contributed by atoms with E-state index in [1.807, 2.05) is 12.4 Å². The normalized spacial score (nSPS) is 16.9. The second kappa shape index (κ2) is 5.22. The van der Waals surface area contributed by atoms with Crippen LogP contribution in [0.1, 0.15) is 38.1 Å². The van der Waals surface area contributed by atoms with E-state index in [4.69, 9.17) is 0 Å². The molecule has 2 aromatic rings. The molecule has 3 nitrogen and oxygen atoms in total. The van der Waals surface area contributed by atoms with Crippen molar-refractivity contribution in [1.29, 1.82) is 0 Å². The monoisotopic (exact) mass is 305 g/mol. The molecule has 0 radical (unpaired) electrons. The van der Waals surface area contributed by atoms with Crippen LogP contribution in [0.3, 0.4) is 0 Å². The van der Waals surface area contributed by atoms with Gasteiger partial charge in [-0.1, -0.05) is 19.3 Å². The van der Waals surface area contributed by atoms with Gasteiger partial charge >= 0.3 is 0 Å². The highest BCUT2D eigenvalue weighted by Crippen LogP contribution is 2.32. The second-order valence-corrected chi connectivity index (χ2v) is 5.76. The third-order valence-corrected chi connectivity index (χ3v) is 4.03. The van der Waals surface area contributed by atoms with Gasteiger partial charge in [-0.2, -0.15) is 0 Å². The number of hydrogen-bond acceptors (Lipinski definition) is 2. The molecule has 0 bridgehead atoms. The molecular weight excluding hydrogens is 290 g/mol. The smallest absolute Gasteiger partial charge is 0.141 e. The summed E-state index contributed by atoms with van der Waals surface area (Å²) in [6.07, 6.45) is 14.3. The molecule has 0 spiro atoms. The van der Waals surface area contributed by atoms with Crippen LogP contribution in [0.2, 0.25) is 0 Å². The van der Waals surface area contributed by atoms with Crippen molar-refractivity contribution in [1.82, 2.24) is 14.5 Å². The summed E-state index contributed by atoms with van der Waals surface area (Å²) in [5, 5.41) is 0. The van der Waals surface area contributed by atoms with Crippen LogP contribution in [0.25, 0.3) is 11.4 Å². The van der Waals surface area contributed by atoms with Crippen molar-refractivity contribution >= 4 is 15.9 Å². The molecule has 0 aromatic carbocycles. The molecule has 0 amide bonds. The van der Waals surface area contributed by atoms with Crippen molar-refractivity contribution < 1.29 is 0 Å². The molecule has 18 heavy (non-hydrogen) atoms. The molecule has 1 fully saturated rings. The molecule has 2 heterocycles. The van der Waals surface area contributed by atoms with E-state index in [2.05, 4.69) is 42.7 Å². The summed E-state index contributed by atoms with van der Waals surface area (Å²) in [4.78, 5) is 8.73. The fourth-order valence-corrected chi connectivity index (χ4v) is 3.09. The SMILES string of the molecule is Brc1cncc(-c2nccn2C2CCCCC2)c1. The zero-order chi connectivity index (χ0) is 12.4. The number of aromatic nitrogens is 3.